The zero-order valence-electron chi connectivity index (χ0n) is 12.6. The quantitative estimate of drug-likeness (QED) is 0.672. The smallest absolute Gasteiger partial charge is 0.272 e. The first-order valence-electron chi connectivity index (χ1n) is 7.45. The van der Waals surface area contributed by atoms with E-state index in [1.54, 1.807) is 12.1 Å². The molecule has 2 rings (SSSR count). The van der Waals surface area contributed by atoms with Crippen LogP contribution in [0.5, 0.6) is 0 Å². The minimum atomic E-state index is -0.301. The average Bonchev–Trinajstić information content (AvgIpc) is 2.41. The number of nitro benzene ring substituents is 1. The van der Waals surface area contributed by atoms with Crippen molar-refractivity contribution in [2.45, 2.75) is 52.6 Å². The molecule has 1 aromatic carbocycles. The number of rotatable bonds is 4. The molecular weight excluding hydrogens is 252 g/mol. The average molecular weight is 276 g/mol. The second-order valence-corrected chi connectivity index (χ2v) is 6.20. The molecule has 0 aliphatic heterocycles. The zero-order chi connectivity index (χ0) is 14.7. The molecule has 1 N–H and O–H groups in total. The van der Waals surface area contributed by atoms with Crippen LogP contribution in [0, 0.1) is 28.9 Å². The predicted octanol–water partition coefficient (Wildman–Crippen LogP) is 3.82. The van der Waals surface area contributed by atoms with E-state index in [9.17, 15) is 10.1 Å². The van der Waals surface area contributed by atoms with E-state index in [-0.39, 0.29) is 10.6 Å². The summed E-state index contributed by atoms with van der Waals surface area (Å²) in [5.41, 5.74) is 2.03. The van der Waals surface area contributed by atoms with Crippen molar-refractivity contribution in [2.75, 3.05) is 0 Å². The molecule has 0 saturated heterocycles. The fourth-order valence-corrected chi connectivity index (χ4v) is 3.12. The summed E-state index contributed by atoms with van der Waals surface area (Å²) in [5.74, 6) is 1.46. The molecule has 1 saturated carbocycles. The molecule has 1 aliphatic carbocycles. The Balaban J connectivity index is 2.03. The SMILES string of the molecule is Cc1c(CNC2CC(C)CCC2C)cccc1[N+](=O)[O-]. The molecule has 3 unspecified atom stereocenters. The minimum Gasteiger partial charge on any atom is -0.310 e. The second-order valence-electron chi connectivity index (χ2n) is 6.20. The Morgan fingerprint density at radius 2 is 2.10 bits per heavy atom. The fourth-order valence-electron chi connectivity index (χ4n) is 3.12. The third-order valence-corrected chi connectivity index (χ3v) is 4.63. The summed E-state index contributed by atoms with van der Waals surface area (Å²) in [6.07, 6.45) is 3.79. The Morgan fingerprint density at radius 1 is 1.35 bits per heavy atom. The van der Waals surface area contributed by atoms with Gasteiger partial charge in [0.1, 0.15) is 0 Å². The molecule has 0 spiro atoms. The van der Waals surface area contributed by atoms with E-state index in [4.69, 9.17) is 0 Å². The number of nitrogens with one attached hydrogen (secondary N) is 1. The van der Waals surface area contributed by atoms with Crippen LogP contribution in [-0.2, 0) is 6.54 Å². The van der Waals surface area contributed by atoms with Crippen LogP contribution in [0.1, 0.15) is 44.2 Å². The Bertz CT molecular complexity index is 487. The normalized spacial score (nSPS) is 26.4. The van der Waals surface area contributed by atoms with Crippen molar-refractivity contribution in [1.82, 2.24) is 5.32 Å². The topological polar surface area (TPSA) is 55.2 Å². The van der Waals surface area contributed by atoms with Crippen molar-refractivity contribution in [3.63, 3.8) is 0 Å². The molecule has 1 aromatic rings. The lowest BCUT2D eigenvalue weighted by molar-refractivity contribution is -0.385. The van der Waals surface area contributed by atoms with Crippen LogP contribution in [0.2, 0.25) is 0 Å². The van der Waals surface area contributed by atoms with Crippen LogP contribution in [0.4, 0.5) is 5.69 Å². The van der Waals surface area contributed by atoms with Gasteiger partial charge in [0, 0.05) is 24.2 Å². The summed E-state index contributed by atoms with van der Waals surface area (Å²) in [6.45, 7) is 7.15. The van der Waals surface area contributed by atoms with Gasteiger partial charge in [-0.3, -0.25) is 10.1 Å². The summed E-state index contributed by atoms with van der Waals surface area (Å²) in [6, 6.07) is 5.85. The van der Waals surface area contributed by atoms with Gasteiger partial charge in [-0.1, -0.05) is 32.4 Å². The van der Waals surface area contributed by atoms with E-state index < -0.39 is 0 Å². The van der Waals surface area contributed by atoms with Gasteiger partial charge in [-0.25, -0.2) is 0 Å². The second kappa shape index (κ2) is 6.35. The van der Waals surface area contributed by atoms with Crippen molar-refractivity contribution >= 4 is 5.69 Å². The van der Waals surface area contributed by atoms with Gasteiger partial charge in [0.25, 0.3) is 5.69 Å². The van der Waals surface area contributed by atoms with Crippen LogP contribution >= 0.6 is 0 Å². The van der Waals surface area contributed by atoms with Crippen LogP contribution in [-0.4, -0.2) is 11.0 Å². The largest absolute Gasteiger partial charge is 0.310 e. The lowest BCUT2D eigenvalue weighted by atomic mass is 9.80. The molecule has 0 heterocycles. The van der Waals surface area contributed by atoms with Gasteiger partial charge in [-0.2, -0.15) is 0 Å². The highest BCUT2D eigenvalue weighted by Crippen LogP contribution is 2.29. The highest BCUT2D eigenvalue weighted by molar-refractivity contribution is 5.44. The Kier molecular flexibility index (Phi) is 4.76. The first-order valence-corrected chi connectivity index (χ1v) is 7.45. The molecule has 20 heavy (non-hydrogen) atoms. The summed E-state index contributed by atoms with van der Waals surface area (Å²) in [5, 5.41) is 14.6. The van der Waals surface area contributed by atoms with Crippen LogP contribution in [0.25, 0.3) is 0 Å². The van der Waals surface area contributed by atoms with Crippen LogP contribution in [0.3, 0.4) is 0 Å². The first kappa shape index (κ1) is 15.0. The number of hydrogen-bond acceptors (Lipinski definition) is 3. The Hall–Kier alpha value is -1.42. The number of nitrogens with zero attached hydrogens (tertiary/aromatic N) is 1. The minimum absolute atomic E-state index is 0.217. The molecule has 1 aliphatic rings. The maximum Gasteiger partial charge on any atom is 0.272 e. The zero-order valence-corrected chi connectivity index (χ0v) is 12.6. The number of nitro groups is 1. The summed E-state index contributed by atoms with van der Waals surface area (Å²) in [4.78, 5) is 10.7. The highest BCUT2D eigenvalue weighted by Gasteiger charge is 2.25. The van der Waals surface area contributed by atoms with Crippen molar-refractivity contribution in [3.05, 3.63) is 39.4 Å². The van der Waals surface area contributed by atoms with E-state index in [1.807, 2.05) is 13.0 Å². The third kappa shape index (κ3) is 3.37. The van der Waals surface area contributed by atoms with Crippen molar-refractivity contribution in [2.24, 2.45) is 11.8 Å². The monoisotopic (exact) mass is 276 g/mol. The fraction of sp³-hybridized carbons (Fsp3) is 0.625. The van der Waals surface area contributed by atoms with Gasteiger partial charge in [0.05, 0.1) is 4.92 Å². The van der Waals surface area contributed by atoms with E-state index in [0.717, 1.165) is 23.6 Å². The molecule has 0 bridgehead atoms. The lowest BCUT2D eigenvalue weighted by Gasteiger charge is -2.33. The van der Waals surface area contributed by atoms with Gasteiger partial charge in [0.15, 0.2) is 0 Å². The van der Waals surface area contributed by atoms with Gasteiger partial charge < -0.3 is 5.32 Å². The van der Waals surface area contributed by atoms with Gasteiger partial charge in [-0.15, -0.1) is 0 Å². The van der Waals surface area contributed by atoms with Gasteiger partial charge >= 0.3 is 0 Å². The molecule has 0 aromatic heterocycles. The number of benzene rings is 1. The maximum absolute atomic E-state index is 11.0. The maximum atomic E-state index is 11.0. The third-order valence-electron chi connectivity index (χ3n) is 4.63. The lowest BCUT2D eigenvalue weighted by Crippen LogP contribution is -2.39. The van der Waals surface area contributed by atoms with E-state index in [1.165, 1.54) is 19.3 Å². The van der Waals surface area contributed by atoms with Crippen molar-refractivity contribution in [3.8, 4) is 0 Å². The molecule has 4 heteroatoms. The van der Waals surface area contributed by atoms with Crippen molar-refractivity contribution in [1.29, 1.82) is 0 Å². The van der Waals surface area contributed by atoms with Crippen molar-refractivity contribution < 1.29 is 4.92 Å². The number of hydrogen-bond donors (Lipinski definition) is 1. The Labute approximate surface area is 120 Å². The Morgan fingerprint density at radius 3 is 2.80 bits per heavy atom. The standard InChI is InChI=1S/C16H24N2O2/c1-11-7-8-12(2)15(9-11)17-10-14-5-4-6-16(13(14)3)18(19)20/h4-6,11-12,15,17H,7-10H2,1-3H3. The predicted molar refractivity (Wildman–Crippen MR) is 80.6 cm³/mol. The molecule has 110 valence electrons. The summed E-state index contributed by atoms with van der Waals surface area (Å²) >= 11 is 0. The van der Waals surface area contributed by atoms with E-state index >= 15 is 0 Å². The highest BCUT2D eigenvalue weighted by atomic mass is 16.6. The summed E-state index contributed by atoms with van der Waals surface area (Å²) in [7, 11) is 0. The van der Waals surface area contributed by atoms with E-state index in [0.29, 0.717) is 12.0 Å². The summed E-state index contributed by atoms with van der Waals surface area (Å²) < 4.78 is 0. The first-order chi connectivity index (χ1) is 9.49. The molecular formula is C16H24N2O2. The van der Waals surface area contributed by atoms with E-state index in [2.05, 4.69) is 19.2 Å². The van der Waals surface area contributed by atoms with Gasteiger partial charge in [-0.05, 0) is 37.2 Å². The molecule has 4 nitrogen and oxygen atoms in total. The van der Waals surface area contributed by atoms with Crippen LogP contribution in [0.15, 0.2) is 18.2 Å². The van der Waals surface area contributed by atoms with Crippen LogP contribution < -0.4 is 5.32 Å². The van der Waals surface area contributed by atoms with Gasteiger partial charge in [0.2, 0.25) is 0 Å². The molecule has 3 atom stereocenters. The molecule has 1 fully saturated rings. The molecule has 0 radical (unpaired) electrons. The molecule has 0 amide bonds.